The second-order valence-corrected chi connectivity index (χ2v) is 7.59. The molecule has 0 heterocycles. The van der Waals surface area contributed by atoms with E-state index >= 15 is 0 Å². The summed E-state index contributed by atoms with van der Waals surface area (Å²) in [6.45, 7) is 5.70. The molecule has 2 saturated carbocycles. The van der Waals surface area contributed by atoms with Gasteiger partial charge in [-0.25, -0.2) is 0 Å². The van der Waals surface area contributed by atoms with Gasteiger partial charge in [0.2, 0.25) is 0 Å². The van der Waals surface area contributed by atoms with Crippen molar-refractivity contribution in [3.05, 3.63) is 0 Å². The monoisotopic (exact) mass is 266 g/mol. The topological polar surface area (TPSA) is 38.0 Å². The fourth-order valence-corrected chi connectivity index (χ4v) is 4.14. The van der Waals surface area contributed by atoms with Gasteiger partial charge in [0, 0.05) is 13.1 Å². The van der Waals surface area contributed by atoms with Gasteiger partial charge in [-0.15, -0.1) is 0 Å². The van der Waals surface area contributed by atoms with E-state index in [2.05, 4.69) is 12.2 Å². The molecule has 2 fully saturated rings. The van der Waals surface area contributed by atoms with Crippen molar-refractivity contribution in [1.29, 1.82) is 0 Å². The van der Waals surface area contributed by atoms with E-state index in [1.165, 1.54) is 77.2 Å². The third-order valence-electron chi connectivity index (χ3n) is 5.71. The third kappa shape index (κ3) is 4.46. The second-order valence-electron chi connectivity index (χ2n) is 7.59. The minimum Gasteiger partial charge on any atom is -0.330 e. The van der Waals surface area contributed by atoms with Crippen LogP contribution in [0.2, 0.25) is 0 Å². The van der Waals surface area contributed by atoms with E-state index < -0.39 is 0 Å². The highest BCUT2D eigenvalue weighted by Gasteiger charge is 2.31. The zero-order valence-corrected chi connectivity index (χ0v) is 13.0. The van der Waals surface area contributed by atoms with E-state index in [1.54, 1.807) is 0 Å². The van der Waals surface area contributed by atoms with Crippen molar-refractivity contribution in [1.82, 2.24) is 5.32 Å². The Morgan fingerprint density at radius 2 is 1.32 bits per heavy atom. The van der Waals surface area contributed by atoms with Gasteiger partial charge in [0.1, 0.15) is 0 Å². The highest BCUT2D eigenvalue weighted by molar-refractivity contribution is 4.87. The molecule has 2 heteroatoms. The molecule has 0 aromatic carbocycles. The van der Waals surface area contributed by atoms with Crippen LogP contribution in [0.25, 0.3) is 0 Å². The zero-order chi connectivity index (χ0) is 13.6. The molecule has 0 atom stereocenters. The van der Waals surface area contributed by atoms with Gasteiger partial charge in [-0.3, -0.25) is 0 Å². The second kappa shape index (κ2) is 7.08. The zero-order valence-electron chi connectivity index (χ0n) is 13.0. The first-order valence-corrected chi connectivity index (χ1v) is 8.59. The van der Waals surface area contributed by atoms with Crippen molar-refractivity contribution in [3.63, 3.8) is 0 Å². The Morgan fingerprint density at radius 1 is 0.789 bits per heavy atom. The van der Waals surface area contributed by atoms with Crippen LogP contribution < -0.4 is 11.1 Å². The number of hydrogen-bond donors (Lipinski definition) is 2. The van der Waals surface area contributed by atoms with Gasteiger partial charge < -0.3 is 11.1 Å². The molecular formula is C17H34N2. The molecule has 2 aliphatic rings. The summed E-state index contributed by atoms with van der Waals surface area (Å²) < 4.78 is 0. The standard InChI is InChI=1S/C17H34N2/c1-16(9-5-4-6-10-16)14-19-15-17(13-18)11-7-2-3-8-12-17/h19H,2-15,18H2,1H3. The van der Waals surface area contributed by atoms with E-state index in [4.69, 9.17) is 5.73 Å². The molecule has 2 rings (SSSR count). The van der Waals surface area contributed by atoms with E-state index in [1.807, 2.05) is 0 Å². The maximum Gasteiger partial charge on any atom is 0.00201 e. The van der Waals surface area contributed by atoms with Crippen LogP contribution in [0.5, 0.6) is 0 Å². The van der Waals surface area contributed by atoms with Gasteiger partial charge in [0.25, 0.3) is 0 Å². The lowest BCUT2D eigenvalue weighted by Crippen LogP contribution is -2.43. The van der Waals surface area contributed by atoms with Crippen molar-refractivity contribution in [2.75, 3.05) is 19.6 Å². The van der Waals surface area contributed by atoms with Crippen LogP contribution in [0.4, 0.5) is 0 Å². The van der Waals surface area contributed by atoms with Crippen LogP contribution in [0, 0.1) is 10.8 Å². The minimum atomic E-state index is 0.404. The number of rotatable bonds is 5. The Hall–Kier alpha value is -0.0800. The Bertz CT molecular complexity index is 248. The predicted octanol–water partition coefficient (Wildman–Crippen LogP) is 3.85. The van der Waals surface area contributed by atoms with Gasteiger partial charge in [-0.2, -0.15) is 0 Å². The summed E-state index contributed by atoms with van der Waals surface area (Å²) in [5.41, 5.74) is 7.08. The Kier molecular flexibility index (Phi) is 5.70. The molecular weight excluding hydrogens is 232 g/mol. The maximum atomic E-state index is 6.12. The van der Waals surface area contributed by atoms with E-state index in [0.29, 0.717) is 10.8 Å². The molecule has 0 unspecified atom stereocenters. The normalized spacial score (nSPS) is 26.8. The van der Waals surface area contributed by atoms with Gasteiger partial charge in [-0.05, 0) is 43.1 Å². The lowest BCUT2D eigenvalue weighted by atomic mass is 9.75. The van der Waals surface area contributed by atoms with Crippen LogP contribution in [0.3, 0.4) is 0 Å². The first-order valence-electron chi connectivity index (χ1n) is 8.59. The average Bonchev–Trinajstić information content (AvgIpc) is 2.66. The van der Waals surface area contributed by atoms with Crippen LogP contribution in [-0.4, -0.2) is 19.6 Å². The van der Waals surface area contributed by atoms with E-state index in [9.17, 15) is 0 Å². The van der Waals surface area contributed by atoms with Gasteiger partial charge in [0.05, 0.1) is 0 Å². The van der Waals surface area contributed by atoms with Gasteiger partial charge in [0.15, 0.2) is 0 Å². The van der Waals surface area contributed by atoms with Crippen LogP contribution in [-0.2, 0) is 0 Å². The van der Waals surface area contributed by atoms with E-state index in [0.717, 1.165) is 13.1 Å². The summed E-state index contributed by atoms with van der Waals surface area (Å²) in [6, 6.07) is 0. The molecule has 3 N–H and O–H groups in total. The van der Waals surface area contributed by atoms with Crippen molar-refractivity contribution < 1.29 is 0 Å². The molecule has 0 aromatic rings. The number of nitrogens with two attached hydrogens (primary N) is 1. The van der Waals surface area contributed by atoms with Crippen molar-refractivity contribution in [3.8, 4) is 0 Å². The fourth-order valence-electron chi connectivity index (χ4n) is 4.14. The lowest BCUT2D eigenvalue weighted by molar-refractivity contribution is 0.181. The molecule has 112 valence electrons. The summed E-state index contributed by atoms with van der Waals surface area (Å²) in [6.07, 6.45) is 15.4. The molecule has 0 saturated heterocycles. The molecule has 0 aromatic heterocycles. The summed E-state index contributed by atoms with van der Waals surface area (Å²) in [4.78, 5) is 0. The van der Waals surface area contributed by atoms with Gasteiger partial charge in [-0.1, -0.05) is 51.9 Å². The first-order chi connectivity index (χ1) is 9.18. The Morgan fingerprint density at radius 3 is 1.89 bits per heavy atom. The highest BCUT2D eigenvalue weighted by Crippen LogP contribution is 2.36. The van der Waals surface area contributed by atoms with Crippen LogP contribution in [0.1, 0.15) is 77.6 Å². The molecule has 2 aliphatic carbocycles. The van der Waals surface area contributed by atoms with Crippen molar-refractivity contribution in [2.24, 2.45) is 16.6 Å². The third-order valence-corrected chi connectivity index (χ3v) is 5.71. The summed E-state index contributed by atoms with van der Waals surface area (Å²) in [5.74, 6) is 0. The Labute approximate surface area is 119 Å². The number of nitrogens with one attached hydrogen (secondary N) is 1. The van der Waals surface area contributed by atoms with Crippen LogP contribution >= 0.6 is 0 Å². The van der Waals surface area contributed by atoms with Crippen molar-refractivity contribution in [2.45, 2.75) is 77.6 Å². The molecule has 0 spiro atoms. The molecule has 0 bridgehead atoms. The maximum absolute atomic E-state index is 6.12. The van der Waals surface area contributed by atoms with E-state index in [-0.39, 0.29) is 0 Å². The lowest BCUT2D eigenvalue weighted by Gasteiger charge is -2.37. The first kappa shape index (κ1) is 15.3. The summed E-state index contributed by atoms with van der Waals surface area (Å²) in [7, 11) is 0. The smallest absolute Gasteiger partial charge is 0.00201 e. The van der Waals surface area contributed by atoms with Gasteiger partial charge >= 0.3 is 0 Å². The quantitative estimate of drug-likeness (QED) is 0.742. The SMILES string of the molecule is CC1(CNCC2(CN)CCCCCC2)CCCCC1. The van der Waals surface area contributed by atoms with Crippen LogP contribution in [0.15, 0.2) is 0 Å². The fraction of sp³-hybridized carbons (Fsp3) is 1.00. The predicted molar refractivity (Wildman–Crippen MR) is 83.3 cm³/mol. The minimum absolute atomic E-state index is 0.404. The summed E-state index contributed by atoms with van der Waals surface area (Å²) in [5, 5.41) is 3.80. The largest absolute Gasteiger partial charge is 0.330 e. The molecule has 0 radical (unpaired) electrons. The van der Waals surface area contributed by atoms with Crippen molar-refractivity contribution >= 4 is 0 Å². The average molecular weight is 266 g/mol. The highest BCUT2D eigenvalue weighted by atomic mass is 14.9. The molecule has 19 heavy (non-hydrogen) atoms. The number of hydrogen-bond acceptors (Lipinski definition) is 2. The molecule has 0 amide bonds. The Balaban J connectivity index is 1.78. The molecule has 2 nitrogen and oxygen atoms in total. The summed E-state index contributed by atoms with van der Waals surface area (Å²) >= 11 is 0. The molecule has 0 aliphatic heterocycles.